The number of piperidine rings is 1. The highest BCUT2D eigenvalue weighted by molar-refractivity contribution is 6.04. The first kappa shape index (κ1) is 28.0. The third-order valence-corrected chi connectivity index (χ3v) is 10.8. The third-order valence-electron chi connectivity index (χ3n) is 10.8. The van der Waals surface area contributed by atoms with Crippen molar-refractivity contribution in [2.45, 2.75) is 50.2 Å². The number of nitrogens with zero attached hydrogens (tertiary/aromatic N) is 6. The summed E-state index contributed by atoms with van der Waals surface area (Å²) in [6.45, 7) is 5.17. The van der Waals surface area contributed by atoms with Crippen LogP contribution in [0.3, 0.4) is 0 Å². The van der Waals surface area contributed by atoms with Gasteiger partial charge in [0.25, 0.3) is 0 Å². The van der Waals surface area contributed by atoms with Crippen molar-refractivity contribution in [3.8, 4) is 41.2 Å². The minimum atomic E-state index is -0.754. The zero-order valence-electron chi connectivity index (χ0n) is 25.6. The predicted molar refractivity (Wildman–Crippen MR) is 169 cm³/mol. The molecule has 9 nitrogen and oxygen atoms in total. The average molecular weight is 625 g/mol. The Morgan fingerprint density at radius 3 is 2.48 bits per heavy atom. The molecule has 0 bridgehead atoms. The fourth-order valence-electron chi connectivity index (χ4n) is 8.16. The minimum absolute atomic E-state index is 0.00730. The number of phenolic OH excluding ortho intramolecular Hbond substituents is 1. The van der Waals surface area contributed by atoms with Crippen LogP contribution in [0.15, 0.2) is 24.3 Å². The molecule has 0 amide bonds. The molecule has 236 valence electrons. The number of terminal acetylenes is 1. The lowest BCUT2D eigenvalue weighted by molar-refractivity contribution is -0.126. The molecule has 5 aliphatic rings. The molecule has 1 N–H and O–H groups in total. The van der Waals surface area contributed by atoms with E-state index in [1.54, 1.807) is 0 Å². The Balaban J connectivity index is 1.21. The second-order valence-corrected chi connectivity index (χ2v) is 13.7. The second-order valence-electron chi connectivity index (χ2n) is 13.7. The van der Waals surface area contributed by atoms with Crippen molar-refractivity contribution in [2.24, 2.45) is 5.41 Å². The quantitative estimate of drug-likeness (QED) is 0.280. The largest absolute Gasteiger partial charge is 0.508 e. The van der Waals surface area contributed by atoms with Crippen molar-refractivity contribution < 1.29 is 23.4 Å². The summed E-state index contributed by atoms with van der Waals surface area (Å²) in [7, 11) is 1.47. The maximum atomic E-state index is 17.0. The van der Waals surface area contributed by atoms with E-state index in [1.807, 2.05) is 0 Å². The van der Waals surface area contributed by atoms with Crippen LogP contribution >= 0.6 is 0 Å². The van der Waals surface area contributed by atoms with Crippen molar-refractivity contribution in [3.05, 3.63) is 41.5 Å². The van der Waals surface area contributed by atoms with Gasteiger partial charge in [0.1, 0.15) is 34.0 Å². The standard InChI is InChI=1S/C35H34F2N6O3/c1-3-24-26(36)6-5-19-11-23(44)14-25(27(19)24)30-29(37)31-28(33(38-30)45-2)32(42-15-21-12-20-13-22(16-42)43(20)21)40-34(39-31)46-18-35(7-8-35)17-41-9-4-10-41/h1,5-6,11,14,20-22,44H,4,7-10,12-13,15-18H2,2H3. The molecular formula is C35H34F2N6O3. The molecule has 2 atom stereocenters. The lowest BCUT2D eigenvalue weighted by atomic mass is 9.74. The van der Waals surface area contributed by atoms with Gasteiger partial charge in [-0.2, -0.15) is 9.97 Å². The molecule has 4 aliphatic heterocycles. The van der Waals surface area contributed by atoms with Crippen LogP contribution in [0.2, 0.25) is 0 Å². The molecule has 2 aromatic heterocycles. The Morgan fingerprint density at radius 1 is 1.04 bits per heavy atom. The zero-order valence-corrected chi connectivity index (χ0v) is 25.6. The van der Waals surface area contributed by atoms with Gasteiger partial charge in [0, 0.05) is 54.1 Å². The first-order chi connectivity index (χ1) is 22.3. The lowest BCUT2D eigenvalue weighted by Gasteiger charge is -2.66. The molecule has 4 aromatic rings. The van der Waals surface area contributed by atoms with Crippen LogP contribution < -0.4 is 14.4 Å². The number of likely N-dealkylation sites (tertiary alicyclic amines) is 1. The van der Waals surface area contributed by atoms with Gasteiger partial charge >= 0.3 is 6.01 Å². The topological polar surface area (TPSA) is 87.1 Å². The number of rotatable bonds is 8. The molecule has 2 unspecified atom stereocenters. The number of phenols is 1. The Bertz CT molecular complexity index is 1960. The molecule has 2 aromatic carbocycles. The van der Waals surface area contributed by atoms with Gasteiger partial charge in [-0.1, -0.05) is 12.0 Å². The summed E-state index contributed by atoms with van der Waals surface area (Å²) in [5, 5.41) is 11.7. The monoisotopic (exact) mass is 624 g/mol. The van der Waals surface area contributed by atoms with Gasteiger partial charge in [0.15, 0.2) is 5.82 Å². The van der Waals surface area contributed by atoms with Crippen LogP contribution in [0.1, 0.15) is 37.7 Å². The van der Waals surface area contributed by atoms with E-state index in [2.05, 4.69) is 30.6 Å². The molecule has 9 rings (SSSR count). The van der Waals surface area contributed by atoms with Crippen LogP contribution in [-0.2, 0) is 0 Å². The van der Waals surface area contributed by atoms with Crippen molar-refractivity contribution >= 4 is 27.5 Å². The first-order valence-corrected chi connectivity index (χ1v) is 16.1. The van der Waals surface area contributed by atoms with E-state index in [0.29, 0.717) is 41.3 Å². The first-order valence-electron chi connectivity index (χ1n) is 16.1. The maximum absolute atomic E-state index is 17.0. The number of pyridine rings is 1. The highest BCUT2D eigenvalue weighted by Gasteiger charge is 2.55. The van der Waals surface area contributed by atoms with E-state index in [0.717, 1.165) is 58.4 Å². The summed E-state index contributed by atoms with van der Waals surface area (Å²) < 4.78 is 44.1. The van der Waals surface area contributed by atoms with Crippen LogP contribution in [0.25, 0.3) is 32.9 Å². The minimum Gasteiger partial charge on any atom is -0.508 e. The summed E-state index contributed by atoms with van der Waals surface area (Å²) in [4.78, 5) is 21.4. The Labute approximate surface area is 265 Å². The molecule has 1 saturated carbocycles. The molecule has 4 saturated heterocycles. The molecule has 1 aliphatic carbocycles. The summed E-state index contributed by atoms with van der Waals surface area (Å²) in [5.74, 6) is 1.54. The summed E-state index contributed by atoms with van der Waals surface area (Å²) in [5.41, 5.74) is -0.0167. The van der Waals surface area contributed by atoms with E-state index < -0.39 is 11.6 Å². The van der Waals surface area contributed by atoms with E-state index in [-0.39, 0.29) is 50.8 Å². The number of anilines is 1. The van der Waals surface area contributed by atoms with E-state index in [9.17, 15) is 9.50 Å². The lowest BCUT2D eigenvalue weighted by Crippen LogP contribution is -2.77. The third kappa shape index (κ3) is 4.23. The van der Waals surface area contributed by atoms with Crippen molar-refractivity contribution in [1.82, 2.24) is 24.8 Å². The molecule has 6 heterocycles. The average Bonchev–Trinajstić information content (AvgIpc) is 3.78. The summed E-state index contributed by atoms with van der Waals surface area (Å²) in [6, 6.07) is 7.17. The number of methoxy groups -OCH3 is 1. The SMILES string of the molecule is C#Cc1c(F)ccc2cc(O)cc(-c3nc(OC)c4c(N5CC6CC7CC(C5)N76)nc(OCC5(CN6CCC6)CC5)nc4c3F)c12. The van der Waals surface area contributed by atoms with Gasteiger partial charge < -0.3 is 24.4 Å². The number of piperazine rings is 1. The van der Waals surface area contributed by atoms with Gasteiger partial charge in [0.2, 0.25) is 5.88 Å². The zero-order chi connectivity index (χ0) is 31.3. The highest BCUT2D eigenvalue weighted by Crippen LogP contribution is 2.49. The number of aromatic nitrogens is 3. The van der Waals surface area contributed by atoms with Gasteiger partial charge in [-0.25, -0.2) is 13.8 Å². The maximum Gasteiger partial charge on any atom is 0.319 e. The number of aromatic hydroxyl groups is 1. The molecule has 11 heteroatoms. The summed E-state index contributed by atoms with van der Waals surface area (Å²) in [6.07, 6.45) is 11.4. The van der Waals surface area contributed by atoms with Crippen molar-refractivity contribution in [1.29, 1.82) is 0 Å². The fraction of sp³-hybridized carbons (Fsp3) is 0.457. The summed E-state index contributed by atoms with van der Waals surface area (Å²) >= 11 is 0. The number of ether oxygens (including phenoxy) is 2. The number of hydrogen-bond donors (Lipinski definition) is 1. The number of hydrogen-bond acceptors (Lipinski definition) is 9. The Morgan fingerprint density at radius 2 is 1.83 bits per heavy atom. The smallest absolute Gasteiger partial charge is 0.319 e. The van der Waals surface area contributed by atoms with Gasteiger partial charge in [-0.05, 0) is 68.8 Å². The molecular weight excluding hydrogens is 590 g/mol. The van der Waals surface area contributed by atoms with E-state index in [4.69, 9.17) is 20.9 Å². The molecule has 46 heavy (non-hydrogen) atoms. The van der Waals surface area contributed by atoms with Crippen molar-refractivity contribution in [3.63, 3.8) is 0 Å². The highest BCUT2D eigenvalue weighted by atomic mass is 19.1. The second kappa shape index (κ2) is 10.1. The van der Waals surface area contributed by atoms with Crippen molar-refractivity contribution in [2.75, 3.05) is 51.3 Å². The number of fused-ring (bicyclic) bond motifs is 2. The van der Waals surface area contributed by atoms with E-state index >= 15 is 4.39 Å². The van der Waals surface area contributed by atoms with Crippen LogP contribution in [0.5, 0.6) is 17.6 Å². The van der Waals surface area contributed by atoms with Crippen LogP contribution in [-0.4, -0.2) is 94.4 Å². The van der Waals surface area contributed by atoms with Crippen LogP contribution in [0, 0.1) is 29.4 Å². The van der Waals surface area contributed by atoms with Gasteiger partial charge in [-0.15, -0.1) is 6.42 Å². The number of benzene rings is 2. The molecule has 0 spiro atoms. The van der Waals surface area contributed by atoms with Crippen LogP contribution in [0.4, 0.5) is 14.6 Å². The normalized spacial score (nSPS) is 24.5. The molecule has 0 radical (unpaired) electrons. The van der Waals surface area contributed by atoms with E-state index in [1.165, 1.54) is 37.8 Å². The molecule has 5 fully saturated rings. The predicted octanol–water partition coefficient (Wildman–Crippen LogP) is 4.72. The van der Waals surface area contributed by atoms with Gasteiger partial charge in [-0.3, -0.25) is 4.90 Å². The Hall–Kier alpha value is -4.27. The Kier molecular flexibility index (Phi) is 6.15. The fourth-order valence-corrected chi connectivity index (χ4v) is 8.16. The number of halogens is 2. The van der Waals surface area contributed by atoms with Gasteiger partial charge in [0.05, 0.1) is 19.3 Å².